The summed E-state index contributed by atoms with van der Waals surface area (Å²) in [7, 11) is -2.12. The number of aromatic nitrogens is 1. The standard InChI is InChI=1S/C21H24N2O4S/c1-5-26-18-10-12-19(13-11-18)28(24,25)23(4)14-20-16(3)27-21(22-20)17-8-6-15(2)7-9-17/h6-13H,5,14H2,1-4H3. The number of nitrogens with zero attached hydrogens (tertiary/aromatic N) is 2. The lowest BCUT2D eigenvalue weighted by atomic mass is 10.1. The summed E-state index contributed by atoms with van der Waals surface area (Å²) in [6, 6.07) is 14.2. The first-order valence-corrected chi connectivity index (χ1v) is 10.5. The summed E-state index contributed by atoms with van der Waals surface area (Å²) >= 11 is 0. The van der Waals surface area contributed by atoms with Crippen molar-refractivity contribution < 1.29 is 17.6 Å². The van der Waals surface area contributed by atoms with E-state index in [9.17, 15) is 8.42 Å². The maximum Gasteiger partial charge on any atom is 0.243 e. The highest BCUT2D eigenvalue weighted by Crippen LogP contribution is 2.25. The molecular weight excluding hydrogens is 376 g/mol. The van der Waals surface area contributed by atoms with Crippen LogP contribution in [0.25, 0.3) is 11.5 Å². The minimum absolute atomic E-state index is 0.122. The molecular formula is C21H24N2O4S. The Morgan fingerprint density at radius 1 is 1.04 bits per heavy atom. The van der Waals surface area contributed by atoms with Gasteiger partial charge in [0, 0.05) is 12.6 Å². The summed E-state index contributed by atoms with van der Waals surface area (Å²) < 4.78 is 38.1. The summed E-state index contributed by atoms with van der Waals surface area (Å²) in [5, 5.41) is 0. The van der Waals surface area contributed by atoms with E-state index in [0.717, 1.165) is 11.1 Å². The zero-order valence-electron chi connectivity index (χ0n) is 16.5. The second-order valence-electron chi connectivity index (χ2n) is 6.55. The van der Waals surface area contributed by atoms with E-state index < -0.39 is 10.0 Å². The van der Waals surface area contributed by atoms with Gasteiger partial charge in [0.25, 0.3) is 0 Å². The van der Waals surface area contributed by atoms with Gasteiger partial charge < -0.3 is 9.15 Å². The molecule has 0 aliphatic rings. The van der Waals surface area contributed by atoms with Crippen molar-refractivity contribution in [2.75, 3.05) is 13.7 Å². The number of oxazole rings is 1. The van der Waals surface area contributed by atoms with Gasteiger partial charge in [0.1, 0.15) is 11.5 Å². The molecule has 0 spiro atoms. The van der Waals surface area contributed by atoms with Gasteiger partial charge in [-0.05, 0) is 57.2 Å². The van der Waals surface area contributed by atoms with Crippen molar-refractivity contribution in [1.82, 2.24) is 9.29 Å². The number of aryl methyl sites for hydroxylation is 2. The van der Waals surface area contributed by atoms with Crippen molar-refractivity contribution in [3.05, 3.63) is 65.5 Å². The lowest BCUT2D eigenvalue weighted by Gasteiger charge is -2.16. The summed E-state index contributed by atoms with van der Waals surface area (Å²) in [6.07, 6.45) is 0. The molecule has 0 aliphatic carbocycles. The second kappa shape index (κ2) is 8.16. The number of benzene rings is 2. The van der Waals surface area contributed by atoms with E-state index in [0.29, 0.717) is 29.7 Å². The van der Waals surface area contributed by atoms with Crippen LogP contribution in [0.2, 0.25) is 0 Å². The largest absolute Gasteiger partial charge is 0.494 e. The highest BCUT2D eigenvalue weighted by molar-refractivity contribution is 7.89. The third-order valence-electron chi connectivity index (χ3n) is 4.41. The monoisotopic (exact) mass is 400 g/mol. The maximum absolute atomic E-state index is 12.9. The van der Waals surface area contributed by atoms with E-state index in [-0.39, 0.29) is 11.4 Å². The van der Waals surface area contributed by atoms with Crippen molar-refractivity contribution >= 4 is 10.0 Å². The van der Waals surface area contributed by atoms with E-state index in [1.54, 1.807) is 31.2 Å². The molecule has 0 fully saturated rings. The van der Waals surface area contributed by atoms with Gasteiger partial charge in [-0.25, -0.2) is 13.4 Å². The highest BCUT2D eigenvalue weighted by atomic mass is 32.2. The second-order valence-corrected chi connectivity index (χ2v) is 8.60. The Kier molecular flexibility index (Phi) is 5.86. The van der Waals surface area contributed by atoms with Crippen LogP contribution in [0.4, 0.5) is 0 Å². The average Bonchev–Trinajstić information content (AvgIpc) is 3.03. The van der Waals surface area contributed by atoms with Gasteiger partial charge in [0.2, 0.25) is 15.9 Å². The predicted molar refractivity (Wildman–Crippen MR) is 108 cm³/mol. The molecule has 7 heteroatoms. The summed E-state index contributed by atoms with van der Waals surface area (Å²) in [4.78, 5) is 4.71. The Balaban J connectivity index is 1.80. The fourth-order valence-electron chi connectivity index (χ4n) is 2.74. The molecule has 0 unspecified atom stereocenters. The zero-order valence-corrected chi connectivity index (χ0v) is 17.3. The summed E-state index contributed by atoms with van der Waals surface area (Å²) in [5.41, 5.74) is 2.60. The van der Waals surface area contributed by atoms with Crippen LogP contribution in [0.15, 0.2) is 57.8 Å². The maximum atomic E-state index is 12.9. The molecule has 0 bridgehead atoms. The topological polar surface area (TPSA) is 72.6 Å². The van der Waals surface area contributed by atoms with Gasteiger partial charge in [-0.1, -0.05) is 17.7 Å². The fraction of sp³-hybridized carbons (Fsp3) is 0.286. The van der Waals surface area contributed by atoms with Crippen LogP contribution in [0.1, 0.15) is 23.9 Å². The van der Waals surface area contributed by atoms with Crippen LogP contribution in [0.5, 0.6) is 5.75 Å². The molecule has 28 heavy (non-hydrogen) atoms. The molecule has 0 atom stereocenters. The highest BCUT2D eigenvalue weighted by Gasteiger charge is 2.23. The van der Waals surface area contributed by atoms with Gasteiger partial charge in [-0.3, -0.25) is 0 Å². The first-order valence-electron chi connectivity index (χ1n) is 9.04. The van der Waals surface area contributed by atoms with Crippen LogP contribution in [0.3, 0.4) is 0 Å². The van der Waals surface area contributed by atoms with Crippen molar-refractivity contribution in [2.45, 2.75) is 32.2 Å². The van der Waals surface area contributed by atoms with Gasteiger partial charge in [-0.15, -0.1) is 0 Å². The Hall–Kier alpha value is -2.64. The normalized spacial score (nSPS) is 11.8. The molecule has 3 rings (SSSR count). The molecule has 0 N–H and O–H groups in total. The van der Waals surface area contributed by atoms with Crippen LogP contribution in [0, 0.1) is 13.8 Å². The number of hydrogen-bond acceptors (Lipinski definition) is 5. The predicted octanol–water partition coefficient (Wildman–Crippen LogP) is 4.18. The molecule has 0 aliphatic heterocycles. The molecule has 148 valence electrons. The molecule has 0 radical (unpaired) electrons. The van der Waals surface area contributed by atoms with E-state index in [4.69, 9.17) is 9.15 Å². The molecule has 0 amide bonds. The lowest BCUT2D eigenvalue weighted by molar-refractivity contribution is 0.340. The number of sulfonamides is 1. The van der Waals surface area contributed by atoms with Gasteiger partial charge in [0.15, 0.2) is 0 Å². The third-order valence-corrected chi connectivity index (χ3v) is 6.22. The first kappa shape index (κ1) is 20.1. The SMILES string of the molecule is CCOc1ccc(S(=O)(=O)N(C)Cc2nc(-c3ccc(C)cc3)oc2C)cc1. The van der Waals surface area contributed by atoms with E-state index in [1.165, 1.54) is 11.4 Å². The fourth-order valence-corrected chi connectivity index (χ4v) is 3.88. The minimum Gasteiger partial charge on any atom is -0.494 e. The van der Waals surface area contributed by atoms with Crippen molar-refractivity contribution in [1.29, 1.82) is 0 Å². The Bertz CT molecular complexity index is 1040. The number of ether oxygens (including phenoxy) is 1. The smallest absolute Gasteiger partial charge is 0.243 e. The molecule has 1 heterocycles. The average molecular weight is 401 g/mol. The Labute approximate surface area is 165 Å². The third kappa shape index (κ3) is 4.26. The number of hydrogen-bond donors (Lipinski definition) is 0. The molecule has 2 aromatic carbocycles. The molecule has 1 aromatic heterocycles. The van der Waals surface area contributed by atoms with E-state index >= 15 is 0 Å². The van der Waals surface area contributed by atoms with Gasteiger partial charge >= 0.3 is 0 Å². The van der Waals surface area contributed by atoms with E-state index in [1.807, 2.05) is 38.1 Å². The summed E-state index contributed by atoms with van der Waals surface area (Å²) in [6.45, 7) is 6.33. The minimum atomic E-state index is -3.65. The molecule has 3 aromatic rings. The van der Waals surface area contributed by atoms with Crippen LogP contribution >= 0.6 is 0 Å². The van der Waals surface area contributed by atoms with Crippen LogP contribution in [-0.4, -0.2) is 31.4 Å². The summed E-state index contributed by atoms with van der Waals surface area (Å²) in [5.74, 6) is 1.72. The lowest BCUT2D eigenvalue weighted by Crippen LogP contribution is -2.27. The zero-order chi connectivity index (χ0) is 20.3. The van der Waals surface area contributed by atoms with Crippen LogP contribution < -0.4 is 4.74 Å². The Morgan fingerprint density at radius 3 is 2.29 bits per heavy atom. The Morgan fingerprint density at radius 2 is 1.68 bits per heavy atom. The van der Waals surface area contributed by atoms with Gasteiger partial charge in [-0.2, -0.15) is 4.31 Å². The van der Waals surface area contributed by atoms with Crippen LogP contribution in [-0.2, 0) is 16.6 Å². The number of rotatable bonds is 7. The molecule has 6 nitrogen and oxygen atoms in total. The first-order chi connectivity index (χ1) is 13.3. The van der Waals surface area contributed by atoms with Gasteiger partial charge in [0.05, 0.1) is 23.7 Å². The van der Waals surface area contributed by atoms with Crippen molar-refractivity contribution in [2.24, 2.45) is 0 Å². The van der Waals surface area contributed by atoms with Crippen molar-refractivity contribution in [3.63, 3.8) is 0 Å². The quantitative estimate of drug-likeness (QED) is 0.595. The molecule has 0 saturated carbocycles. The van der Waals surface area contributed by atoms with Crippen molar-refractivity contribution in [3.8, 4) is 17.2 Å². The van der Waals surface area contributed by atoms with E-state index in [2.05, 4.69) is 4.98 Å². The molecule has 0 saturated heterocycles.